The number of esters is 1. The fraction of sp³-hybridized carbons (Fsp3) is 0.333. The number of carbonyl (C=O) groups excluding carboxylic acids is 2. The lowest BCUT2D eigenvalue weighted by molar-refractivity contribution is -0.158. The summed E-state index contributed by atoms with van der Waals surface area (Å²) in [5.41, 5.74) is 2.62. The van der Waals surface area contributed by atoms with Gasteiger partial charge in [-0.1, -0.05) is 30.3 Å². The van der Waals surface area contributed by atoms with Crippen molar-refractivity contribution >= 4 is 28.9 Å². The number of rotatable bonds is 2. The number of hydrogen-bond donors (Lipinski definition) is 0. The molecule has 1 aliphatic heterocycles. The smallest absolute Gasteiger partial charge is 0.313 e. The van der Waals surface area contributed by atoms with Crippen LogP contribution in [0.25, 0.3) is 5.70 Å². The zero-order valence-corrected chi connectivity index (χ0v) is 16.3. The van der Waals surface area contributed by atoms with Crippen LogP contribution in [-0.2, 0) is 16.0 Å². The van der Waals surface area contributed by atoms with Crippen molar-refractivity contribution in [2.24, 2.45) is 5.92 Å². The first-order valence-corrected chi connectivity index (χ1v) is 9.54. The van der Waals surface area contributed by atoms with E-state index in [0.717, 1.165) is 16.8 Å². The zero-order chi connectivity index (χ0) is 18.9. The van der Waals surface area contributed by atoms with Gasteiger partial charge in [0.2, 0.25) is 0 Å². The molecule has 5 heteroatoms. The van der Waals surface area contributed by atoms with Crippen LogP contribution in [-0.4, -0.2) is 29.4 Å². The maximum absolute atomic E-state index is 12.9. The van der Waals surface area contributed by atoms with E-state index in [9.17, 15) is 9.59 Å². The molecule has 3 rings (SSSR count). The fourth-order valence-corrected chi connectivity index (χ4v) is 3.83. The molecule has 0 radical (unpaired) electrons. The first kappa shape index (κ1) is 18.4. The Labute approximate surface area is 158 Å². The molecule has 4 nitrogen and oxygen atoms in total. The summed E-state index contributed by atoms with van der Waals surface area (Å²) in [6, 6.07) is 9.66. The fourth-order valence-electron chi connectivity index (χ4n) is 2.99. The van der Waals surface area contributed by atoms with Crippen LogP contribution in [0.2, 0.25) is 0 Å². The summed E-state index contributed by atoms with van der Waals surface area (Å²) in [6.07, 6.45) is 2.32. The van der Waals surface area contributed by atoms with Crippen molar-refractivity contribution in [1.82, 2.24) is 4.90 Å². The molecule has 26 heavy (non-hydrogen) atoms. The van der Waals surface area contributed by atoms with Gasteiger partial charge in [0.05, 0.1) is 11.5 Å². The van der Waals surface area contributed by atoms with Crippen molar-refractivity contribution in [3.8, 4) is 0 Å². The lowest BCUT2D eigenvalue weighted by Gasteiger charge is -2.28. The van der Waals surface area contributed by atoms with Gasteiger partial charge in [0.15, 0.2) is 0 Å². The van der Waals surface area contributed by atoms with E-state index in [1.54, 1.807) is 11.9 Å². The monoisotopic (exact) mass is 369 g/mol. The average Bonchev–Trinajstić information content (AvgIpc) is 3.03. The second-order valence-electron chi connectivity index (χ2n) is 7.44. The third kappa shape index (κ3) is 3.88. The minimum Gasteiger partial charge on any atom is -0.460 e. The third-order valence-corrected chi connectivity index (χ3v) is 5.01. The molecule has 0 fully saturated rings. The van der Waals surface area contributed by atoms with Gasteiger partial charge in [-0.05, 0) is 49.8 Å². The lowest BCUT2D eigenvalue weighted by atomic mass is 9.93. The number of amides is 1. The van der Waals surface area contributed by atoms with Crippen LogP contribution >= 0.6 is 11.3 Å². The summed E-state index contributed by atoms with van der Waals surface area (Å²) in [4.78, 5) is 27.3. The van der Waals surface area contributed by atoms with Crippen LogP contribution in [0.1, 0.15) is 42.3 Å². The summed E-state index contributed by atoms with van der Waals surface area (Å²) in [5, 5.41) is 3.80. The van der Waals surface area contributed by atoms with E-state index in [2.05, 4.69) is 0 Å². The maximum atomic E-state index is 12.9. The zero-order valence-electron chi connectivity index (χ0n) is 15.5. The van der Waals surface area contributed by atoms with Crippen molar-refractivity contribution in [2.75, 3.05) is 7.05 Å². The number of thiophene rings is 1. The van der Waals surface area contributed by atoms with E-state index in [0.29, 0.717) is 12.0 Å². The lowest BCUT2D eigenvalue weighted by Crippen LogP contribution is -2.33. The van der Waals surface area contributed by atoms with E-state index in [1.165, 1.54) is 11.3 Å². The quantitative estimate of drug-likeness (QED) is 0.738. The summed E-state index contributed by atoms with van der Waals surface area (Å²) in [5.74, 6) is -0.779. The third-order valence-electron chi connectivity index (χ3n) is 4.22. The molecule has 0 saturated heterocycles. The summed E-state index contributed by atoms with van der Waals surface area (Å²) in [6.45, 7) is 5.59. The first-order chi connectivity index (χ1) is 12.3. The Balaban J connectivity index is 2.08. The van der Waals surface area contributed by atoms with E-state index < -0.39 is 11.5 Å². The van der Waals surface area contributed by atoms with Crippen molar-refractivity contribution < 1.29 is 14.3 Å². The Morgan fingerprint density at radius 1 is 1.19 bits per heavy atom. The molecule has 1 atom stereocenters. The van der Waals surface area contributed by atoms with Crippen LogP contribution in [0.15, 0.2) is 47.2 Å². The standard InChI is InChI=1S/C21H23NO3S/c1-21(2,3)25-20(24)15-10-16-12-26-13-17(16)19(23)22(4)18(11-15)14-8-6-5-7-9-14/h5-9,11-13,15H,10H2,1-4H3/b18-11-. The van der Waals surface area contributed by atoms with E-state index in [-0.39, 0.29) is 11.9 Å². The molecule has 1 aromatic heterocycles. The van der Waals surface area contributed by atoms with E-state index >= 15 is 0 Å². The van der Waals surface area contributed by atoms with Crippen LogP contribution < -0.4 is 0 Å². The van der Waals surface area contributed by atoms with Crippen molar-refractivity contribution in [3.63, 3.8) is 0 Å². The summed E-state index contributed by atoms with van der Waals surface area (Å²) >= 11 is 1.48. The Kier molecular flexibility index (Phi) is 5.01. The van der Waals surface area contributed by atoms with Crippen LogP contribution in [0, 0.1) is 5.92 Å². The maximum Gasteiger partial charge on any atom is 0.313 e. The van der Waals surface area contributed by atoms with Gasteiger partial charge in [-0.25, -0.2) is 0 Å². The Hall–Kier alpha value is -2.40. The molecule has 1 aliphatic rings. The number of fused-ring (bicyclic) bond motifs is 1. The topological polar surface area (TPSA) is 46.6 Å². The molecule has 0 spiro atoms. The van der Waals surface area contributed by atoms with Gasteiger partial charge in [-0.3, -0.25) is 9.59 Å². The highest BCUT2D eigenvalue weighted by Gasteiger charge is 2.31. The second kappa shape index (κ2) is 7.08. The molecule has 1 unspecified atom stereocenters. The second-order valence-corrected chi connectivity index (χ2v) is 8.18. The number of benzene rings is 1. The van der Waals surface area contributed by atoms with Gasteiger partial charge in [0.25, 0.3) is 5.91 Å². The number of carbonyl (C=O) groups is 2. The number of nitrogens with zero attached hydrogens (tertiary/aromatic N) is 1. The number of hydrogen-bond acceptors (Lipinski definition) is 4. The largest absolute Gasteiger partial charge is 0.460 e. The van der Waals surface area contributed by atoms with Crippen molar-refractivity contribution in [2.45, 2.75) is 32.8 Å². The highest BCUT2D eigenvalue weighted by Crippen LogP contribution is 2.31. The Bertz CT molecular complexity index is 846. The molecule has 0 N–H and O–H groups in total. The molecule has 136 valence electrons. The normalized spacial score (nSPS) is 19.8. The van der Waals surface area contributed by atoms with Crippen molar-refractivity contribution in [3.05, 3.63) is 63.9 Å². The molecule has 0 bridgehead atoms. The van der Waals surface area contributed by atoms with Gasteiger partial charge in [-0.2, -0.15) is 11.3 Å². The van der Waals surface area contributed by atoms with Gasteiger partial charge in [-0.15, -0.1) is 0 Å². The molecule has 0 saturated carbocycles. The highest BCUT2D eigenvalue weighted by molar-refractivity contribution is 7.08. The minimum absolute atomic E-state index is 0.0565. The van der Waals surface area contributed by atoms with Crippen LogP contribution in [0.4, 0.5) is 0 Å². The molecule has 2 aromatic rings. The number of ether oxygens (including phenoxy) is 1. The molecule has 2 heterocycles. The molecule has 1 amide bonds. The first-order valence-electron chi connectivity index (χ1n) is 8.59. The SMILES string of the molecule is CN1C(=O)c2cscc2CC(C(=O)OC(C)(C)C)/C=C\1c1ccccc1. The minimum atomic E-state index is -0.556. The van der Waals surface area contributed by atoms with Gasteiger partial charge in [0.1, 0.15) is 5.60 Å². The summed E-state index contributed by atoms with van der Waals surface area (Å²) < 4.78 is 5.63. The molecular weight excluding hydrogens is 346 g/mol. The van der Waals surface area contributed by atoms with Crippen LogP contribution in [0.5, 0.6) is 0 Å². The molecule has 1 aromatic carbocycles. The van der Waals surface area contributed by atoms with Gasteiger partial charge >= 0.3 is 5.97 Å². The Morgan fingerprint density at radius 2 is 1.88 bits per heavy atom. The predicted molar refractivity (Wildman–Crippen MR) is 104 cm³/mol. The predicted octanol–water partition coefficient (Wildman–Crippen LogP) is 4.38. The molecule has 0 aliphatic carbocycles. The van der Waals surface area contributed by atoms with E-state index in [1.807, 2.05) is 67.9 Å². The average molecular weight is 369 g/mol. The van der Waals surface area contributed by atoms with Gasteiger partial charge < -0.3 is 9.64 Å². The highest BCUT2D eigenvalue weighted by atomic mass is 32.1. The van der Waals surface area contributed by atoms with E-state index in [4.69, 9.17) is 4.74 Å². The van der Waals surface area contributed by atoms with Crippen molar-refractivity contribution in [1.29, 1.82) is 0 Å². The summed E-state index contributed by atoms with van der Waals surface area (Å²) in [7, 11) is 1.75. The Morgan fingerprint density at radius 3 is 2.54 bits per heavy atom. The van der Waals surface area contributed by atoms with Gasteiger partial charge in [0, 0.05) is 18.1 Å². The van der Waals surface area contributed by atoms with Crippen LogP contribution in [0.3, 0.4) is 0 Å². The molecular formula is C21H23NO3S.